The summed E-state index contributed by atoms with van der Waals surface area (Å²) < 4.78 is 11.6. The molecule has 1 aromatic rings. The summed E-state index contributed by atoms with van der Waals surface area (Å²) in [5.74, 6) is 4.69. The summed E-state index contributed by atoms with van der Waals surface area (Å²) in [6.07, 6.45) is 7.37. The van der Waals surface area contributed by atoms with Gasteiger partial charge in [-0.1, -0.05) is 5.92 Å². The molecule has 1 heterocycles. The largest absolute Gasteiger partial charge is 0.496 e. The second-order valence-electron chi connectivity index (χ2n) is 5.19. The van der Waals surface area contributed by atoms with Crippen molar-refractivity contribution in [1.29, 1.82) is 0 Å². The molecule has 0 unspecified atom stereocenters. The monoisotopic (exact) mass is 244 g/mol. The van der Waals surface area contributed by atoms with Crippen molar-refractivity contribution in [3.63, 3.8) is 0 Å². The predicted molar refractivity (Wildman–Crippen MR) is 73.4 cm³/mol. The van der Waals surface area contributed by atoms with E-state index in [9.17, 15) is 0 Å². The molecule has 0 fully saturated rings. The van der Waals surface area contributed by atoms with Gasteiger partial charge >= 0.3 is 0 Å². The molecule has 2 rings (SSSR count). The van der Waals surface area contributed by atoms with E-state index in [0.717, 1.165) is 35.5 Å². The summed E-state index contributed by atoms with van der Waals surface area (Å²) in [6, 6.07) is 0. The lowest BCUT2D eigenvalue weighted by atomic mass is 9.87. The van der Waals surface area contributed by atoms with E-state index in [-0.39, 0.29) is 0 Å². The second kappa shape index (κ2) is 4.24. The van der Waals surface area contributed by atoms with Crippen LogP contribution >= 0.6 is 0 Å². The van der Waals surface area contributed by atoms with Crippen molar-refractivity contribution in [3.05, 3.63) is 22.3 Å². The molecule has 0 aliphatic carbocycles. The molecule has 0 saturated carbocycles. The second-order valence-corrected chi connectivity index (χ2v) is 5.19. The molecule has 2 nitrogen and oxygen atoms in total. The van der Waals surface area contributed by atoms with Crippen LogP contribution in [-0.2, 0) is 6.42 Å². The molecular formula is C16H20O2. The van der Waals surface area contributed by atoms with Crippen molar-refractivity contribution < 1.29 is 9.47 Å². The highest BCUT2D eigenvalue weighted by Crippen LogP contribution is 2.43. The minimum atomic E-state index is -0.481. The van der Waals surface area contributed by atoms with Gasteiger partial charge in [-0.3, -0.25) is 0 Å². The molecule has 0 radical (unpaired) electrons. The van der Waals surface area contributed by atoms with Crippen LogP contribution in [0.25, 0.3) is 0 Å². The summed E-state index contributed by atoms with van der Waals surface area (Å²) in [6.45, 7) is 8.20. The summed E-state index contributed by atoms with van der Waals surface area (Å²) in [4.78, 5) is 0. The van der Waals surface area contributed by atoms with Gasteiger partial charge in [0.25, 0.3) is 0 Å². The summed E-state index contributed by atoms with van der Waals surface area (Å²) in [5, 5.41) is 0. The zero-order valence-electron chi connectivity index (χ0n) is 11.8. The zero-order valence-corrected chi connectivity index (χ0v) is 11.8. The van der Waals surface area contributed by atoms with Crippen LogP contribution in [0.1, 0.15) is 35.6 Å². The Morgan fingerprint density at radius 2 is 1.89 bits per heavy atom. The van der Waals surface area contributed by atoms with Crippen molar-refractivity contribution >= 4 is 0 Å². The maximum absolute atomic E-state index is 6.07. The molecule has 1 aliphatic rings. The number of hydrogen-bond acceptors (Lipinski definition) is 2. The average molecular weight is 244 g/mol. The van der Waals surface area contributed by atoms with E-state index in [4.69, 9.17) is 15.9 Å². The Balaban J connectivity index is 2.64. The van der Waals surface area contributed by atoms with Crippen LogP contribution in [0.2, 0.25) is 0 Å². The summed E-state index contributed by atoms with van der Waals surface area (Å²) >= 11 is 0. The molecule has 18 heavy (non-hydrogen) atoms. The van der Waals surface area contributed by atoms with E-state index < -0.39 is 5.60 Å². The molecule has 0 saturated heterocycles. The third-order valence-electron chi connectivity index (χ3n) is 4.00. The minimum absolute atomic E-state index is 0.481. The average Bonchev–Trinajstić information content (AvgIpc) is 2.37. The Bertz CT molecular complexity index is 537. The Labute approximate surface area is 109 Å². The van der Waals surface area contributed by atoms with Crippen molar-refractivity contribution in [2.24, 2.45) is 0 Å². The number of ether oxygens (including phenoxy) is 2. The molecule has 1 aromatic carbocycles. The van der Waals surface area contributed by atoms with Crippen LogP contribution in [0, 0.1) is 33.1 Å². The highest BCUT2D eigenvalue weighted by molar-refractivity contribution is 5.59. The highest BCUT2D eigenvalue weighted by Gasteiger charge is 2.32. The fraction of sp³-hybridized carbons (Fsp3) is 0.500. The van der Waals surface area contributed by atoms with E-state index >= 15 is 0 Å². The van der Waals surface area contributed by atoms with Crippen LogP contribution in [-0.4, -0.2) is 12.7 Å². The molecule has 1 atom stereocenters. The van der Waals surface area contributed by atoms with E-state index in [1.165, 1.54) is 11.1 Å². The highest BCUT2D eigenvalue weighted by atomic mass is 16.5. The van der Waals surface area contributed by atoms with Gasteiger partial charge in [-0.2, -0.15) is 0 Å². The van der Waals surface area contributed by atoms with E-state index in [0.29, 0.717) is 0 Å². The van der Waals surface area contributed by atoms with Crippen molar-refractivity contribution in [2.75, 3.05) is 7.11 Å². The normalized spacial score (nSPS) is 21.8. The van der Waals surface area contributed by atoms with Gasteiger partial charge in [-0.05, 0) is 50.8 Å². The lowest BCUT2D eigenvalue weighted by Gasteiger charge is -2.34. The fourth-order valence-corrected chi connectivity index (χ4v) is 2.64. The van der Waals surface area contributed by atoms with Gasteiger partial charge in [0.05, 0.1) is 7.11 Å². The van der Waals surface area contributed by atoms with Gasteiger partial charge in [-0.15, -0.1) is 6.42 Å². The molecule has 0 N–H and O–H groups in total. The van der Waals surface area contributed by atoms with Crippen LogP contribution < -0.4 is 9.47 Å². The van der Waals surface area contributed by atoms with Crippen LogP contribution in [0.4, 0.5) is 0 Å². The molecule has 1 aliphatic heterocycles. The first-order valence-corrected chi connectivity index (χ1v) is 6.27. The first kappa shape index (κ1) is 12.8. The van der Waals surface area contributed by atoms with E-state index in [1.807, 2.05) is 6.92 Å². The van der Waals surface area contributed by atoms with E-state index in [2.05, 4.69) is 26.7 Å². The Morgan fingerprint density at radius 3 is 2.44 bits per heavy atom. The quantitative estimate of drug-likeness (QED) is 0.705. The van der Waals surface area contributed by atoms with Gasteiger partial charge in [0.1, 0.15) is 11.5 Å². The van der Waals surface area contributed by atoms with Gasteiger partial charge in [0.2, 0.25) is 0 Å². The molecule has 0 spiro atoms. The molecule has 2 heteroatoms. The third-order valence-corrected chi connectivity index (χ3v) is 4.00. The molecular weight excluding hydrogens is 224 g/mol. The molecule has 0 bridgehead atoms. The Kier molecular flexibility index (Phi) is 3.02. The number of fused-ring (bicyclic) bond motifs is 1. The van der Waals surface area contributed by atoms with Crippen LogP contribution in [0.3, 0.4) is 0 Å². The van der Waals surface area contributed by atoms with Crippen molar-refractivity contribution in [1.82, 2.24) is 0 Å². The van der Waals surface area contributed by atoms with Gasteiger partial charge in [-0.25, -0.2) is 0 Å². The minimum Gasteiger partial charge on any atom is -0.496 e. The summed E-state index contributed by atoms with van der Waals surface area (Å²) in [5.41, 5.74) is 4.20. The lowest BCUT2D eigenvalue weighted by molar-refractivity contribution is 0.122. The third kappa shape index (κ3) is 1.75. The number of terminal acetylenes is 1. The SMILES string of the molecule is C#C[C@@]1(C)CCc2c(C)c(OC)c(C)c(C)c2O1. The Hall–Kier alpha value is -1.62. The fourth-order valence-electron chi connectivity index (χ4n) is 2.64. The molecule has 96 valence electrons. The predicted octanol–water partition coefficient (Wildman–Crippen LogP) is 3.34. The maximum atomic E-state index is 6.07. The standard InChI is InChI=1S/C16H20O2/c1-7-16(5)9-8-13-12(4)14(17-6)10(2)11(3)15(13)18-16/h1H,8-9H2,2-6H3/t16-/m0/s1. The molecule has 0 aromatic heterocycles. The van der Waals surface area contributed by atoms with Crippen molar-refractivity contribution in [3.8, 4) is 23.8 Å². The topological polar surface area (TPSA) is 18.5 Å². The van der Waals surface area contributed by atoms with Gasteiger partial charge in [0, 0.05) is 12.0 Å². The van der Waals surface area contributed by atoms with Gasteiger partial charge < -0.3 is 9.47 Å². The number of benzene rings is 1. The zero-order chi connectivity index (χ0) is 13.5. The summed E-state index contributed by atoms with van der Waals surface area (Å²) in [7, 11) is 1.72. The van der Waals surface area contributed by atoms with Crippen LogP contribution in [0.5, 0.6) is 11.5 Å². The maximum Gasteiger partial charge on any atom is 0.166 e. The number of hydrogen-bond donors (Lipinski definition) is 0. The molecule has 0 amide bonds. The van der Waals surface area contributed by atoms with Crippen LogP contribution in [0.15, 0.2) is 0 Å². The van der Waals surface area contributed by atoms with Crippen molar-refractivity contribution in [2.45, 2.75) is 46.1 Å². The number of methoxy groups -OCH3 is 1. The Morgan fingerprint density at radius 1 is 1.22 bits per heavy atom. The van der Waals surface area contributed by atoms with Gasteiger partial charge in [0.15, 0.2) is 5.60 Å². The lowest BCUT2D eigenvalue weighted by Crippen LogP contribution is -2.35. The van der Waals surface area contributed by atoms with E-state index in [1.54, 1.807) is 7.11 Å². The first-order chi connectivity index (χ1) is 8.43. The number of rotatable bonds is 1. The first-order valence-electron chi connectivity index (χ1n) is 6.27. The smallest absolute Gasteiger partial charge is 0.166 e.